The van der Waals surface area contributed by atoms with E-state index in [-0.39, 0.29) is 11.8 Å². The van der Waals surface area contributed by atoms with E-state index in [1.54, 1.807) is 36.7 Å². The zero-order chi connectivity index (χ0) is 19.1. The largest absolute Gasteiger partial charge is 0.348 e. The number of carbonyl (C=O) groups excluding carboxylic acids is 2. The molecule has 0 saturated carbocycles. The van der Waals surface area contributed by atoms with Gasteiger partial charge in [-0.15, -0.1) is 0 Å². The molecule has 0 aliphatic carbocycles. The average molecular weight is 359 g/mol. The van der Waals surface area contributed by atoms with Crippen LogP contribution in [0.4, 0.5) is 0 Å². The lowest BCUT2D eigenvalue weighted by molar-refractivity contribution is 0.0939. The van der Waals surface area contributed by atoms with Crippen LogP contribution >= 0.6 is 0 Å². The quantitative estimate of drug-likeness (QED) is 0.710. The molecular formula is C22H21N3O2. The van der Waals surface area contributed by atoms with Crippen LogP contribution in [-0.2, 0) is 13.1 Å². The summed E-state index contributed by atoms with van der Waals surface area (Å²) in [6, 6.07) is 18.3. The van der Waals surface area contributed by atoms with Gasteiger partial charge in [-0.05, 0) is 48.4 Å². The number of carbonyl (C=O) groups is 2. The van der Waals surface area contributed by atoms with Crippen LogP contribution in [0.25, 0.3) is 0 Å². The third kappa shape index (κ3) is 5.25. The highest BCUT2D eigenvalue weighted by Crippen LogP contribution is 2.07. The fourth-order valence-corrected chi connectivity index (χ4v) is 2.67. The molecule has 2 N–H and O–H groups in total. The second kappa shape index (κ2) is 8.76. The summed E-state index contributed by atoms with van der Waals surface area (Å²) in [5, 5.41) is 5.73. The highest BCUT2D eigenvalue weighted by Gasteiger charge is 2.09. The molecule has 0 bridgehead atoms. The Morgan fingerprint density at radius 1 is 0.815 bits per heavy atom. The number of aryl methyl sites for hydroxylation is 1. The van der Waals surface area contributed by atoms with Gasteiger partial charge in [0.15, 0.2) is 0 Å². The minimum absolute atomic E-state index is 0.168. The van der Waals surface area contributed by atoms with Crippen LogP contribution in [0.15, 0.2) is 73.1 Å². The molecule has 27 heavy (non-hydrogen) atoms. The third-order valence-corrected chi connectivity index (χ3v) is 4.12. The van der Waals surface area contributed by atoms with E-state index < -0.39 is 0 Å². The Morgan fingerprint density at radius 2 is 1.41 bits per heavy atom. The summed E-state index contributed by atoms with van der Waals surface area (Å²) in [6.07, 6.45) is 3.40. The molecule has 2 amide bonds. The van der Waals surface area contributed by atoms with Crippen molar-refractivity contribution >= 4 is 11.8 Å². The monoisotopic (exact) mass is 359 g/mol. The summed E-state index contributed by atoms with van der Waals surface area (Å²) in [5.74, 6) is -0.357. The summed E-state index contributed by atoms with van der Waals surface area (Å²) in [7, 11) is 0. The van der Waals surface area contributed by atoms with Gasteiger partial charge in [-0.25, -0.2) is 0 Å². The first-order valence-electron chi connectivity index (χ1n) is 8.73. The molecule has 3 aromatic rings. The lowest BCUT2D eigenvalue weighted by atomic mass is 10.1. The number of hydrogen-bond acceptors (Lipinski definition) is 3. The zero-order valence-corrected chi connectivity index (χ0v) is 15.1. The molecule has 5 nitrogen and oxygen atoms in total. The number of benzene rings is 2. The first-order chi connectivity index (χ1) is 13.1. The lowest BCUT2D eigenvalue weighted by Crippen LogP contribution is -2.24. The van der Waals surface area contributed by atoms with Crippen molar-refractivity contribution in [2.75, 3.05) is 0 Å². The highest BCUT2D eigenvalue weighted by atomic mass is 16.2. The van der Waals surface area contributed by atoms with E-state index in [9.17, 15) is 9.59 Å². The Bertz CT molecular complexity index is 922. The number of amides is 2. The predicted octanol–water partition coefficient (Wildman–Crippen LogP) is 3.25. The number of rotatable bonds is 6. The Morgan fingerprint density at radius 3 is 1.96 bits per heavy atom. The fourth-order valence-electron chi connectivity index (χ4n) is 2.67. The molecule has 0 radical (unpaired) electrons. The van der Waals surface area contributed by atoms with Crippen molar-refractivity contribution in [1.82, 2.24) is 15.6 Å². The number of aromatic nitrogens is 1. The number of hydrogen-bond donors (Lipinski definition) is 2. The lowest BCUT2D eigenvalue weighted by Gasteiger charge is -2.08. The average Bonchev–Trinajstić information content (AvgIpc) is 2.71. The SMILES string of the molecule is Cc1cccc(CNC(=O)c2ccc(C(=O)NCc3cccnc3)cc2)c1. The van der Waals surface area contributed by atoms with Gasteiger partial charge < -0.3 is 10.6 Å². The van der Waals surface area contributed by atoms with Crippen molar-refractivity contribution < 1.29 is 9.59 Å². The van der Waals surface area contributed by atoms with Crippen LogP contribution in [0.1, 0.15) is 37.4 Å². The molecule has 1 heterocycles. The van der Waals surface area contributed by atoms with E-state index in [0.717, 1.165) is 16.7 Å². The Balaban J connectivity index is 1.54. The molecule has 3 rings (SSSR count). The summed E-state index contributed by atoms with van der Waals surface area (Å²) < 4.78 is 0. The van der Waals surface area contributed by atoms with Gasteiger partial charge in [0.05, 0.1) is 0 Å². The van der Waals surface area contributed by atoms with Crippen LogP contribution in [0, 0.1) is 6.92 Å². The summed E-state index contributed by atoms with van der Waals surface area (Å²) in [6.45, 7) is 2.89. The number of pyridine rings is 1. The van der Waals surface area contributed by atoms with Crippen molar-refractivity contribution in [2.24, 2.45) is 0 Å². The van der Waals surface area contributed by atoms with Crippen LogP contribution in [0.2, 0.25) is 0 Å². The summed E-state index contributed by atoms with van der Waals surface area (Å²) in [5.41, 5.74) is 4.16. The van der Waals surface area contributed by atoms with Crippen molar-refractivity contribution in [2.45, 2.75) is 20.0 Å². The molecule has 1 aromatic heterocycles. The van der Waals surface area contributed by atoms with Crippen molar-refractivity contribution in [3.8, 4) is 0 Å². The minimum atomic E-state index is -0.189. The Hall–Kier alpha value is -3.47. The van der Waals surface area contributed by atoms with Gasteiger partial charge in [-0.3, -0.25) is 14.6 Å². The fraction of sp³-hybridized carbons (Fsp3) is 0.136. The molecule has 5 heteroatoms. The molecule has 136 valence electrons. The van der Waals surface area contributed by atoms with Crippen LogP contribution < -0.4 is 10.6 Å². The normalized spacial score (nSPS) is 10.3. The van der Waals surface area contributed by atoms with Crippen molar-refractivity contribution in [3.63, 3.8) is 0 Å². The zero-order valence-electron chi connectivity index (χ0n) is 15.1. The van der Waals surface area contributed by atoms with E-state index in [2.05, 4.69) is 15.6 Å². The van der Waals surface area contributed by atoms with E-state index in [1.165, 1.54) is 0 Å². The Labute approximate surface area is 158 Å². The molecule has 0 aliphatic heterocycles. The summed E-state index contributed by atoms with van der Waals surface area (Å²) in [4.78, 5) is 28.5. The van der Waals surface area contributed by atoms with Gasteiger partial charge >= 0.3 is 0 Å². The number of nitrogens with zero attached hydrogens (tertiary/aromatic N) is 1. The van der Waals surface area contributed by atoms with Crippen LogP contribution in [0.5, 0.6) is 0 Å². The minimum Gasteiger partial charge on any atom is -0.348 e. The first-order valence-corrected chi connectivity index (χ1v) is 8.73. The standard InChI is InChI=1S/C22H21N3O2/c1-16-4-2-5-17(12-16)14-24-21(26)19-7-9-20(10-8-19)22(27)25-15-18-6-3-11-23-13-18/h2-13H,14-15H2,1H3,(H,24,26)(H,25,27). The topological polar surface area (TPSA) is 71.1 Å². The van der Waals surface area contributed by atoms with Gasteiger partial charge in [0.2, 0.25) is 0 Å². The molecule has 0 spiro atoms. The summed E-state index contributed by atoms with van der Waals surface area (Å²) >= 11 is 0. The maximum Gasteiger partial charge on any atom is 0.251 e. The van der Waals surface area contributed by atoms with Crippen LogP contribution in [-0.4, -0.2) is 16.8 Å². The van der Waals surface area contributed by atoms with Crippen LogP contribution in [0.3, 0.4) is 0 Å². The second-order valence-corrected chi connectivity index (χ2v) is 6.29. The third-order valence-electron chi connectivity index (χ3n) is 4.12. The molecule has 0 fully saturated rings. The highest BCUT2D eigenvalue weighted by molar-refractivity contribution is 5.97. The Kier molecular flexibility index (Phi) is 5.94. The van der Waals surface area contributed by atoms with Gasteiger partial charge in [0.1, 0.15) is 0 Å². The maximum absolute atomic E-state index is 12.3. The molecule has 0 saturated heterocycles. The van der Waals surface area contributed by atoms with Gasteiger partial charge in [-0.2, -0.15) is 0 Å². The van der Waals surface area contributed by atoms with E-state index in [4.69, 9.17) is 0 Å². The van der Waals surface area contributed by atoms with Gasteiger partial charge in [-0.1, -0.05) is 35.9 Å². The van der Waals surface area contributed by atoms with Gasteiger partial charge in [0.25, 0.3) is 11.8 Å². The molecule has 0 aliphatic rings. The molecule has 2 aromatic carbocycles. The van der Waals surface area contributed by atoms with E-state index in [1.807, 2.05) is 43.3 Å². The van der Waals surface area contributed by atoms with Crippen molar-refractivity contribution in [3.05, 3.63) is 101 Å². The van der Waals surface area contributed by atoms with E-state index >= 15 is 0 Å². The van der Waals surface area contributed by atoms with Crippen molar-refractivity contribution in [1.29, 1.82) is 0 Å². The van der Waals surface area contributed by atoms with Gasteiger partial charge in [0, 0.05) is 36.6 Å². The predicted molar refractivity (Wildman–Crippen MR) is 104 cm³/mol. The maximum atomic E-state index is 12.3. The smallest absolute Gasteiger partial charge is 0.251 e. The first kappa shape index (κ1) is 18.3. The van der Waals surface area contributed by atoms with E-state index in [0.29, 0.717) is 24.2 Å². The molecule has 0 atom stereocenters. The second-order valence-electron chi connectivity index (χ2n) is 6.29. The number of nitrogens with one attached hydrogen (secondary N) is 2. The molecule has 0 unspecified atom stereocenters. The molecular weight excluding hydrogens is 338 g/mol.